The molecule has 13 heavy (non-hydrogen) atoms. The van der Waals surface area contributed by atoms with Gasteiger partial charge in [-0.05, 0) is 25.7 Å². The van der Waals surface area contributed by atoms with Gasteiger partial charge in [0.2, 0.25) is 10.0 Å². The highest BCUT2D eigenvalue weighted by Crippen LogP contribution is 2.28. The van der Waals surface area contributed by atoms with Gasteiger partial charge in [0.1, 0.15) is 0 Å². The third-order valence-electron chi connectivity index (χ3n) is 2.60. The zero-order valence-electron chi connectivity index (χ0n) is 7.53. The number of hydrogen-bond donors (Lipinski definition) is 1. The SMILES string of the molecule is O=S(=O)(NOC1CCCC1)C1CC1. The van der Waals surface area contributed by atoms with Crippen LogP contribution in [0.25, 0.3) is 0 Å². The molecule has 2 saturated carbocycles. The van der Waals surface area contributed by atoms with Crippen LogP contribution in [-0.4, -0.2) is 19.8 Å². The summed E-state index contributed by atoms with van der Waals surface area (Å²) in [6, 6.07) is 0. The van der Waals surface area contributed by atoms with Crippen LogP contribution >= 0.6 is 0 Å². The average Bonchev–Trinajstić information content (AvgIpc) is 2.82. The minimum absolute atomic E-state index is 0.105. The molecule has 2 aliphatic rings. The summed E-state index contributed by atoms with van der Waals surface area (Å²) in [6.07, 6.45) is 5.92. The standard InChI is InChI=1S/C8H15NO3S/c10-13(11,8-5-6-8)9-12-7-3-1-2-4-7/h7-9H,1-6H2. The van der Waals surface area contributed by atoms with Gasteiger partial charge in [-0.3, -0.25) is 4.84 Å². The molecule has 0 aliphatic heterocycles. The van der Waals surface area contributed by atoms with E-state index in [9.17, 15) is 8.42 Å². The summed E-state index contributed by atoms with van der Waals surface area (Å²) in [7, 11) is -3.15. The average molecular weight is 205 g/mol. The van der Waals surface area contributed by atoms with E-state index in [1.54, 1.807) is 0 Å². The van der Waals surface area contributed by atoms with Gasteiger partial charge in [-0.2, -0.15) is 0 Å². The van der Waals surface area contributed by atoms with Crippen LogP contribution in [-0.2, 0) is 14.9 Å². The lowest BCUT2D eigenvalue weighted by Gasteiger charge is -2.11. The Hall–Kier alpha value is -0.130. The molecule has 5 heteroatoms. The summed E-state index contributed by atoms with van der Waals surface area (Å²) >= 11 is 0. The molecule has 0 aromatic heterocycles. The molecular formula is C8H15NO3S. The third-order valence-corrected chi connectivity index (χ3v) is 4.27. The second-order valence-electron chi connectivity index (χ2n) is 3.85. The molecule has 2 aliphatic carbocycles. The maximum absolute atomic E-state index is 11.3. The minimum Gasteiger partial charge on any atom is -0.284 e. The number of hydrogen-bond acceptors (Lipinski definition) is 3. The van der Waals surface area contributed by atoms with E-state index >= 15 is 0 Å². The lowest BCUT2D eigenvalue weighted by atomic mass is 10.3. The molecule has 0 aromatic carbocycles. The Balaban J connectivity index is 1.77. The van der Waals surface area contributed by atoms with Gasteiger partial charge in [-0.25, -0.2) is 8.42 Å². The quantitative estimate of drug-likeness (QED) is 0.695. The van der Waals surface area contributed by atoms with Crippen molar-refractivity contribution in [1.29, 1.82) is 0 Å². The molecule has 2 fully saturated rings. The predicted octanol–water partition coefficient (Wildman–Crippen LogP) is 0.942. The van der Waals surface area contributed by atoms with Gasteiger partial charge >= 0.3 is 0 Å². The largest absolute Gasteiger partial charge is 0.284 e. The molecule has 0 radical (unpaired) electrons. The Morgan fingerprint density at radius 1 is 1.08 bits per heavy atom. The van der Waals surface area contributed by atoms with Gasteiger partial charge in [0.25, 0.3) is 0 Å². The van der Waals surface area contributed by atoms with E-state index in [1.807, 2.05) is 0 Å². The van der Waals surface area contributed by atoms with E-state index in [2.05, 4.69) is 4.89 Å². The fraction of sp³-hybridized carbons (Fsp3) is 1.00. The molecule has 0 saturated heterocycles. The van der Waals surface area contributed by atoms with Crippen molar-refractivity contribution in [2.24, 2.45) is 0 Å². The van der Waals surface area contributed by atoms with Crippen molar-refractivity contribution < 1.29 is 13.3 Å². The highest BCUT2D eigenvalue weighted by atomic mass is 32.2. The van der Waals surface area contributed by atoms with Gasteiger partial charge in [-0.15, -0.1) is 0 Å². The van der Waals surface area contributed by atoms with Gasteiger partial charge < -0.3 is 0 Å². The molecule has 2 rings (SSSR count). The van der Waals surface area contributed by atoms with E-state index in [0.29, 0.717) is 0 Å². The van der Waals surface area contributed by atoms with Crippen LogP contribution in [0.1, 0.15) is 38.5 Å². The van der Waals surface area contributed by atoms with Crippen LogP contribution < -0.4 is 4.89 Å². The third kappa shape index (κ3) is 2.42. The lowest BCUT2D eigenvalue weighted by Crippen LogP contribution is -2.31. The number of sulfonamides is 1. The summed E-state index contributed by atoms with van der Waals surface area (Å²) in [5, 5.41) is -0.186. The molecule has 1 N–H and O–H groups in total. The molecule has 4 nitrogen and oxygen atoms in total. The molecule has 0 spiro atoms. The Bertz CT molecular complexity index is 265. The molecule has 0 atom stereocenters. The number of nitrogens with one attached hydrogen (secondary N) is 1. The first kappa shape index (κ1) is 9.43. The van der Waals surface area contributed by atoms with Crippen LogP contribution in [0.3, 0.4) is 0 Å². The molecule has 0 unspecified atom stereocenters. The van der Waals surface area contributed by atoms with Crippen molar-refractivity contribution in [2.45, 2.75) is 49.9 Å². The summed E-state index contributed by atoms with van der Waals surface area (Å²) in [5.41, 5.74) is 0. The minimum atomic E-state index is -3.15. The van der Waals surface area contributed by atoms with Crippen LogP contribution in [0.2, 0.25) is 0 Å². The summed E-state index contributed by atoms with van der Waals surface area (Å²) < 4.78 is 22.6. The Morgan fingerprint density at radius 3 is 2.23 bits per heavy atom. The van der Waals surface area contributed by atoms with Crippen molar-refractivity contribution >= 4 is 10.0 Å². The maximum atomic E-state index is 11.3. The van der Waals surface area contributed by atoms with Crippen molar-refractivity contribution in [3.8, 4) is 0 Å². The van der Waals surface area contributed by atoms with Gasteiger partial charge in [0.15, 0.2) is 0 Å². The fourth-order valence-electron chi connectivity index (χ4n) is 1.59. The molecule has 0 aromatic rings. The van der Waals surface area contributed by atoms with E-state index in [0.717, 1.165) is 38.5 Å². The Labute approximate surface area is 78.7 Å². The number of rotatable bonds is 4. The van der Waals surface area contributed by atoms with E-state index < -0.39 is 10.0 Å². The van der Waals surface area contributed by atoms with Crippen molar-refractivity contribution in [3.63, 3.8) is 0 Å². The molecular weight excluding hydrogens is 190 g/mol. The zero-order valence-corrected chi connectivity index (χ0v) is 8.35. The van der Waals surface area contributed by atoms with Crippen molar-refractivity contribution in [3.05, 3.63) is 0 Å². The second-order valence-corrected chi connectivity index (χ2v) is 5.78. The van der Waals surface area contributed by atoms with Crippen molar-refractivity contribution in [2.75, 3.05) is 0 Å². The summed E-state index contributed by atoms with van der Waals surface area (Å²) in [6.45, 7) is 0. The van der Waals surface area contributed by atoms with E-state index in [4.69, 9.17) is 4.84 Å². The topological polar surface area (TPSA) is 55.4 Å². The lowest BCUT2D eigenvalue weighted by molar-refractivity contribution is 0.0222. The van der Waals surface area contributed by atoms with Gasteiger partial charge in [-0.1, -0.05) is 17.7 Å². The van der Waals surface area contributed by atoms with Crippen molar-refractivity contribution in [1.82, 2.24) is 4.89 Å². The first-order valence-electron chi connectivity index (χ1n) is 4.85. The van der Waals surface area contributed by atoms with Gasteiger partial charge in [0.05, 0.1) is 11.4 Å². The van der Waals surface area contributed by atoms with Crippen LogP contribution in [0.5, 0.6) is 0 Å². The normalized spacial score (nSPS) is 25.2. The highest BCUT2D eigenvalue weighted by molar-refractivity contribution is 7.90. The molecule has 0 bridgehead atoms. The highest BCUT2D eigenvalue weighted by Gasteiger charge is 2.36. The second kappa shape index (κ2) is 3.55. The predicted molar refractivity (Wildman–Crippen MR) is 48.4 cm³/mol. The Morgan fingerprint density at radius 2 is 1.69 bits per heavy atom. The summed E-state index contributed by atoms with van der Waals surface area (Å²) in [5.74, 6) is 0. The zero-order chi connectivity index (χ0) is 9.31. The van der Waals surface area contributed by atoms with Crippen LogP contribution in [0.4, 0.5) is 0 Å². The van der Waals surface area contributed by atoms with Crippen LogP contribution in [0, 0.1) is 0 Å². The summed E-state index contributed by atoms with van der Waals surface area (Å²) in [4.78, 5) is 7.37. The maximum Gasteiger partial charge on any atom is 0.236 e. The monoisotopic (exact) mass is 205 g/mol. The van der Waals surface area contributed by atoms with Gasteiger partial charge in [0, 0.05) is 0 Å². The fourth-order valence-corrected chi connectivity index (χ4v) is 2.75. The molecule has 76 valence electrons. The first-order chi connectivity index (χ1) is 6.18. The van der Waals surface area contributed by atoms with E-state index in [-0.39, 0.29) is 11.4 Å². The van der Waals surface area contributed by atoms with Crippen LogP contribution in [0.15, 0.2) is 0 Å². The Kier molecular flexibility index (Phi) is 2.58. The molecule has 0 amide bonds. The molecule has 0 heterocycles. The van der Waals surface area contributed by atoms with E-state index in [1.165, 1.54) is 0 Å². The first-order valence-corrected chi connectivity index (χ1v) is 6.39. The smallest absolute Gasteiger partial charge is 0.236 e.